The van der Waals surface area contributed by atoms with E-state index in [-0.39, 0.29) is 0 Å². The third kappa shape index (κ3) is 8.57. The van der Waals surface area contributed by atoms with Gasteiger partial charge in [0, 0.05) is 38.7 Å². The molecule has 17 rings (SSSR count). The topological polar surface area (TPSA) is 80.3 Å². The molecule has 0 fully saturated rings. The van der Waals surface area contributed by atoms with E-state index in [0.29, 0.717) is 23.0 Å². The van der Waals surface area contributed by atoms with E-state index in [1.54, 1.807) is 6.07 Å². The first-order valence-electron chi connectivity index (χ1n) is 28.6. The van der Waals surface area contributed by atoms with Crippen molar-refractivity contribution < 1.29 is 0 Å². The second-order valence-corrected chi connectivity index (χ2v) is 21.6. The summed E-state index contributed by atoms with van der Waals surface area (Å²) in [6.45, 7) is 0. The maximum Gasteiger partial charge on any atom is 0.164 e. The first-order chi connectivity index (χ1) is 42.1. The molecule has 17 aromatic rings. The second kappa shape index (κ2) is 20.4. The zero-order valence-electron chi connectivity index (χ0n) is 45.9. The van der Waals surface area contributed by atoms with Crippen molar-refractivity contribution in [3.63, 3.8) is 0 Å². The lowest BCUT2D eigenvalue weighted by molar-refractivity contribution is 1.07. The lowest BCUT2D eigenvalue weighted by atomic mass is 9.94. The van der Waals surface area contributed by atoms with Gasteiger partial charge in [-0.2, -0.15) is 5.26 Å². The van der Waals surface area contributed by atoms with E-state index < -0.39 is 0 Å². The number of hydrogen-bond donors (Lipinski definition) is 0. The van der Waals surface area contributed by atoms with Gasteiger partial charge >= 0.3 is 0 Å². The van der Waals surface area contributed by atoms with Crippen LogP contribution in [-0.4, -0.2) is 24.5 Å². The smallest absolute Gasteiger partial charge is 0.164 e. The van der Waals surface area contributed by atoms with Crippen LogP contribution in [0.3, 0.4) is 0 Å². The van der Waals surface area contributed by atoms with Crippen molar-refractivity contribution in [2.24, 2.45) is 0 Å². The predicted molar refractivity (Wildman–Crippen MR) is 353 cm³/mol. The Kier molecular flexibility index (Phi) is 11.8. The Morgan fingerprint density at radius 1 is 0.259 bits per heavy atom. The molecule has 0 atom stereocenters. The molecule has 394 valence electrons. The average Bonchev–Trinajstić information content (AvgIpc) is 2.66. The molecule has 15 aromatic carbocycles. The van der Waals surface area contributed by atoms with Gasteiger partial charge in [-0.3, -0.25) is 4.57 Å². The summed E-state index contributed by atoms with van der Waals surface area (Å²) in [5.41, 5.74) is 9.91. The van der Waals surface area contributed by atoms with Crippen LogP contribution in [0.4, 0.5) is 0 Å². The van der Waals surface area contributed by atoms with Crippen LogP contribution in [0.25, 0.3) is 160 Å². The normalized spacial score (nSPS) is 11.5. The lowest BCUT2D eigenvalue weighted by Crippen LogP contribution is -2.00. The van der Waals surface area contributed by atoms with Crippen molar-refractivity contribution in [2.75, 3.05) is 0 Å². The van der Waals surface area contributed by atoms with E-state index in [1.807, 2.05) is 48.5 Å². The minimum absolute atomic E-state index is 0.537. The minimum atomic E-state index is 0.537. The minimum Gasteiger partial charge on any atom is -0.292 e. The van der Waals surface area contributed by atoms with Gasteiger partial charge in [-0.05, 0) is 123 Å². The maximum atomic E-state index is 9.42. The van der Waals surface area contributed by atoms with Crippen molar-refractivity contribution in [1.29, 1.82) is 5.26 Å². The van der Waals surface area contributed by atoms with Crippen LogP contribution in [0.1, 0.15) is 5.56 Å². The number of aromatic nitrogens is 5. The largest absolute Gasteiger partial charge is 0.292 e. The Labute approximate surface area is 489 Å². The van der Waals surface area contributed by atoms with Gasteiger partial charge in [0.1, 0.15) is 5.82 Å². The molecule has 0 aliphatic carbocycles. The standard InChI is InChI=1S/C45H28N2.C34H20N4/c1-2-11-34(12-3-1)47-44-41-17-9-7-15-37(41)36-14-6-8-16-40(36)43(44)46-45(47)32-21-18-29(19-22-32)33-23-20-31-25-26-38-35-13-5-4-10-30(35)24-27-39(38)42(31)28-33;35-21-22-7-6-11-26(19-22)33-36-32(25-9-2-1-3-10-25)37-34(38-33)27-14-13-24-16-17-29-28-12-5-4-8-23(28)15-18-30(29)31(24)20-27/h1-28H;1-20H. The fourth-order valence-electron chi connectivity index (χ4n) is 12.6. The highest BCUT2D eigenvalue weighted by Gasteiger charge is 2.21. The summed E-state index contributed by atoms with van der Waals surface area (Å²) in [4.78, 5) is 20.0. The molecule has 0 unspecified atom stereocenters. The molecule has 0 spiro atoms. The van der Waals surface area contributed by atoms with Crippen molar-refractivity contribution in [3.8, 4) is 68.4 Å². The number of nitriles is 1. The van der Waals surface area contributed by atoms with Gasteiger partial charge in [0.2, 0.25) is 0 Å². The zero-order chi connectivity index (χ0) is 56.4. The third-order valence-electron chi connectivity index (χ3n) is 16.7. The van der Waals surface area contributed by atoms with Gasteiger partial charge in [0.15, 0.2) is 17.5 Å². The van der Waals surface area contributed by atoms with Gasteiger partial charge in [-0.1, -0.05) is 255 Å². The summed E-state index contributed by atoms with van der Waals surface area (Å²) >= 11 is 0. The summed E-state index contributed by atoms with van der Waals surface area (Å²) < 4.78 is 2.34. The highest BCUT2D eigenvalue weighted by molar-refractivity contribution is 6.24. The zero-order valence-corrected chi connectivity index (χ0v) is 45.9. The SMILES string of the molecule is N#Cc1cccc(-c2nc(-c3ccccc3)nc(-c3ccc4ccc5c6ccccc6ccc5c4c3)n2)c1.c1ccc(-n2c(-c3ccc(-c4ccc5ccc6c7ccccc7ccc6c5c4)cc3)nc3c4ccccc4c4ccccc4c32)cc1. The van der Waals surface area contributed by atoms with Crippen LogP contribution >= 0.6 is 0 Å². The van der Waals surface area contributed by atoms with E-state index >= 15 is 0 Å². The van der Waals surface area contributed by atoms with Crippen LogP contribution < -0.4 is 0 Å². The van der Waals surface area contributed by atoms with Gasteiger partial charge < -0.3 is 0 Å². The number of imidazole rings is 1. The van der Waals surface area contributed by atoms with E-state index in [0.717, 1.165) is 55.6 Å². The molecule has 6 heteroatoms. The van der Waals surface area contributed by atoms with Crippen LogP contribution in [0, 0.1) is 11.3 Å². The molecule has 0 bridgehead atoms. The number of para-hydroxylation sites is 1. The third-order valence-corrected chi connectivity index (χ3v) is 16.7. The quantitative estimate of drug-likeness (QED) is 0.155. The first-order valence-corrected chi connectivity index (χ1v) is 28.6. The van der Waals surface area contributed by atoms with E-state index in [2.05, 4.69) is 247 Å². The van der Waals surface area contributed by atoms with Crippen molar-refractivity contribution in [1.82, 2.24) is 24.5 Å². The summed E-state index contributed by atoms with van der Waals surface area (Å²) in [7, 11) is 0. The number of rotatable bonds is 6. The van der Waals surface area contributed by atoms with Gasteiger partial charge in [0.25, 0.3) is 0 Å². The molecule has 0 saturated heterocycles. The van der Waals surface area contributed by atoms with Crippen LogP contribution in [0.15, 0.2) is 291 Å². The average molecular weight is 1080 g/mol. The molecule has 0 aliphatic rings. The predicted octanol–water partition coefficient (Wildman–Crippen LogP) is 20.3. The Morgan fingerprint density at radius 3 is 1.26 bits per heavy atom. The van der Waals surface area contributed by atoms with Crippen molar-refractivity contribution >= 4 is 97.2 Å². The van der Waals surface area contributed by atoms with E-state index in [1.165, 1.54) is 86.5 Å². The van der Waals surface area contributed by atoms with Gasteiger partial charge in [0.05, 0.1) is 22.7 Å². The van der Waals surface area contributed by atoms with Gasteiger partial charge in [-0.25, -0.2) is 19.9 Å². The van der Waals surface area contributed by atoms with E-state index in [4.69, 9.17) is 19.9 Å². The summed E-state index contributed by atoms with van der Waals surface area (Å²) in [6.07, 6.45) is 0. The van der Waals surface area contributed by atoms with Crippen LogP contribution in [0.5, 0.6) is 0 Å². The molecular formula is C79H48N6. The number of nitrogens with zero attached hydrogens (tertiary/aromatic N) is 6. The number of benzene rings is 15. The highest BCUT2D eigenvalue weighted by atomic mass is 15.1. The maximum absolute atomic E-state index is 9.42. The second-order valence-electron chi connectivity index (χ2n) is 21.6. The molecule has 6 nitrogen and oxygen atoms in total. The molecule has 0 amide bonds. The summed E-state index contributed by atoms with van der Waals surface area (Å²) in [6, 6.07) is 104. The fourth-order valence-corrected chi connectivity index (χ4v) is 12.6. The molecule has 2 heterocycles. The molecular weight excluding hydrogens is 1030 g/mol. The van der Waals surface area contributed by atoms with Crippen molar-refractivity contribution in [3.05, 3.63) is 297 Å². The first kappa shape index (κ1) is 49.2. The Bertz CT molecular complexity index is 5550. The molecule has 0 aliphatic heterocycles. The molecule has 0 N–H and O–H groups in total. The summed E-state index contributed by atoms with van der Waals surface area (Å²) in [5.74, 6) is 2.67. The Balaban J connectivity index is 0.000000142. The Hall–Kier alpha value is -11.7. The molecule has 85 heavy (non-hydrogen) atoms. The molecule has 0 radical (unpaired) electrons. The highest BCUT2D eigenvalue weighted by Crippen LogP contribution is 2.41. The summed E-state index contributed by atoms with van der Waals surface area (Å²) in [5, 5.41) is 29.2. The van der Waals surface area contributed by atoms with Crippen molar-refractivity contribution in [2.45, 2.75) is 0 Å². The van der Waals surface area contributed by atoms with Crippen LogP contribution in [0.2, 0.25) is 0 Å². The molecule has 0 saturated carbocycles. The monoisotopic (exact) mass is 1080 g/mol. The van der Waals surface area contributed by atoms with E-state index in [9.17, 15) is 5.26 Å². The van der Waals surface area contributed by atoms with Crippen LogP contribution in [-0.2, 0) is 0 Å². The lowest BCUT2D eigenvalue weighted by Gasteiger charge is -2.13. The van der Waals surface area contributed by atoms with Gasteiger partial charge in [-0.15, -0.1) is 0 Å². The number of hydrogen-bond acceptors (Lipinski definition) is 5. The molecule has 2 aromatic heterocycles. The fraction of sp³-hybridized carbons (Fsp3) is 0. The number of fused-ring (bicyclic) bond motifs is 16. The Morgan fingerprint density at radius 2 is 0.659 bits per heavy atom.